The molecule has 7 heteroatoms. The molecule has 0 saturated heterocycles. The molecule has 0 aromatic heterocycles. The lowest BCUT2D eigenvalue weighted by atomic mass is 9.72. The van der Waals surface area contributed by atoms with Crippen molar-refractivity contribution in [3.05, 3.63) is 0 Å². The number of methoxy groups -OCH3 is 2. The second-order valence-corrected chi connectivity index (χ2v) is 5.15. The summed E-state index contributed by atoms with van der Waals surface area (Å²) >= 11 is 0. The lowest BCUT2D eigenvalue weighted by Gasteiger charge is -2.34. The van der Waals surface area contributed by atoms with Crippen molar-refractivity contribution >= 4 is 11.7 Å². The van der Waals surface area contributed by atoms with Crippen LogP contribution in [0.3, 0.4) is 0 Å². The number of nitrogens with one attached hydrogen (secondary N) is 1. The molecule has 20 heavy (non-hydrogen) atoms. The van der Waals surface area contributed by atoms with Crippen LogP contribution in [-0.2, 0) is 14.3 Å². The summed E-state index contributed by atoms with van der Waals surface area (Å²) in [5.41, 5.74) is 4.87. The Labute approximate surface area is 119 Å². The van der Waals surface area contributed by atoms with Crippen LogP contribution in [0.5, 0.6) is 0 Å². The molecular weight excluding hydrogens is 262 g/mol. The summed E-state index contributed by atoms with van der Waals surface area (Å²) in [6.45, 7) is 0.733. The predicted octanol–water partition coefficient (Wildman–Crippen LogP) is 0.461. The zero-order valence-electron chi connectivity index (χ0n) is 12.2. The van der Waals surface area contributed by atoms with Gasteiger partial charge in [-0.15, -0.1) is 0 Å². The molecule has 0 aromatic rings. The molecule has 0 bridgehead atoms. The van der Waals surface area contributed by atoms with E-state index < -0.39 is 5.41 Å². The Morgan fingerprint density at radius 3 is 2.55 bits per heavy atom. The maximum Gasteiger partial charge on any atom is 0.234 e. The monoisotopic (exact) mass is 287 g/mol. The molecule has 116 valence electrons. The van der Waals surface area contributed by atoms with Gasteiger partial charge in [-0.25, -0.2) is 0 Å². The SMILES string of the molecule is COCC(CNC(=O)C1(C(N)=NO)CCCCC1)OC. The number of nitrogens with two attached hydrogens (primary N) is 1. The molecule has 4 N–H and O–H groups in total. The van der Waals surface area contributed by atoms with Gasteiger partial charge < -0.3 is 25.7 Å². The lowest BCUT2D eigenvalue weighted by Crippen LogP contribution is -2.52. The number of carbonyl (C=O) groups excluding carboxylic acids is 1. The van der Waals surface area contributed by atoms with Crippen molar-refractivity contribution in [2.75, 3.05) is 27.4 Å². The Morgan fingerprint density at radius 1 is 1.40 bits per heavy atom. The van der Waals surface area contributed by atoms with E-state index >= 15 is 0 Å². The topological polar surface area (TPSA) is 106 Å². The van der Waals surface area contributed by atoms with Crippen LogP contribution in [0.15, 0.2) is 5.16 Å². The fourth-order valence-corrected chi connectivity index (χ4v) is 2.62. The highest BCUT2D eigenvalue weighted by Gasteiger charge is 2.43. The number of amidine groups is 1. The Balaban J connectivity index is 2.69. The number of oxime groups is 1. The highest BCUT2D eigenvalue weighted by molar-refractivity contribution is 6.06. The van der Waals surface area contributed by atoms with Gasteiger partial charge in [0.1, 0.15) is 5.41 Å². The van der Waals surface area contributed by atoms with E-state index in [1.807, 2.05) is 0 Å². The molecular formula is C13H25N3O4. The Morgan fingerprint density at radius 2 is 2.05 bits per heavy atom. The lowest BCUT2D eigenvalue weighted by molar-refractivity contribution is -0.129. The number of nitrogens with zero attached hydrogens (tertiary/aromatic N) is 1. The van der Waals surface area contributed by atoms with Gasteiger partial charge in [-0.2, -0.15) is 0 Å². The summed E-state index contributed by atoms with van der Waals surface area (Å²) in [5.74, 6) is -0.207. The van der Waals surface area contributed by atoms with Crippen LogP contribution in [0.2, 0.25) is 0 Å². The van der Waals surface area contributed by atoms with Gasteiger partial charge in [-0.05, 0) is 12.8 Å². The molecule has 0 aromatic carbocycles. The van der Waals surface area contributed by atoms with Crippen LogP contribution in [0.25, 0.3) is 0 Å². The molecule has 1 amide bonds. The molecule has 1 unspecified atom stereocenters. The van der Waals surface area contributed by atoms with E-state index in [9.17, 15) is 4.79 Å². The quantitative estimate of drug-likeness (QED) is 0.273. The highest BCUT2D eigenvalue weighted by atomic mass is 16.5. The fourth-order valence-electron chi connectivity index (χ4n) is 2.62. The summed E-state index contributed by atoms with van der Waals surface area (Å²) in [7, 11) is 3.14. The van der Waals surface area contributed by atoms with E-state index in [0.29, 0.717) is 26.0 Å². The average Bonchev–Trinajstić information content (AvgIpc) is 2.50. The average molecular weight is 287 g/mol. The first-order valence-electron chi connectivity index (χ1n) is 6.88. The summed E-state index contributed by atoms with van der Waals surface area (Å²) in [5, 5.41) is 14.8. The first-order valence-corrected chi connectivity index (χ1v) is 6.88. The van der Waals surface area contributed by atoms with Gasteiger partial charge in [0.15, 0.2) is 5.84 Å². The van der Waals surface area contributed by atoms with Crippen molar-refractivity contribution < 1.29 is 19.5 Å². The Kier molecular flexibility index (Phi) is 6.74. The van der Waals surface area contributed by atoms with Crippen molar-refractivity contribution in [2.24, 2.45) is 16.3 Å². The van der Waals surface area contributed by atoms with Gasteiger partial charge in [0.2, 0.25) is 5.91 Å². The standard InChI is InChI=1S/C13H25N3O4/c1-19-9-10(20-2)8-15-12(17)13(11(14)16-18)6-4-3-5-7-13/h10,18H,3-9H2,1-2H3,(H2,14,16)(H,15,17). The molecule has 1 atom stereocenters. The molecule has 7 nitrogen and oxygen atoms in total. The van der Waals surface area contributed by atoms with E-state index in [0.717, 1.165) is 19.3 Å². The van der Waals surface area contributed by atoms with E-state index in [1.54, 1.807) is 14.2 Å². The summed E-state index contributed by atoms with van der Waals surface area (Å²) in [6.07, 6.45) is 3.87. The van der Waals surface area contributed by atoms with Gasteiger partial charge in [-0.1, -0.05) is 24.4 Å². The van der Waals surface area contributed by atoms with E-state index in [4.69, 9.17) is 20.4 Å². The number of rotatable bonds is 7. The summed E-state index contributed by atoms with van der Waals surface area (Å²) in [6, 6.07) is 0. The van der Waals surface area contributed by atoms with Crippen LogP contribution < -0.4 is 11.1 Å². The van der Waals surface area contributed by atoms with Gasteiger partial charge in [0, 0.05) is 20.8 Å². The minimum atomic E-state index is -0.891. The fraction of sp³-hybridized carbons (Fsp3) is 0.846. The molecule has 1 rings (SSSR count). The molecule has 1 aliphatic rings. The highest BCUT2D eigenvalue weighted by Crippen LogP contribution is 2.36. The van der Waals surface area contributed by atoms with Crippen molar-refractivity contribution in [3.63, 3.8) is 0 Å². The smallest absolute Gasteiger partial charge is 0.234 e. The Bertz CT molecular complexity index is 341. The Hall–Kier alpha value is -1.34. The zero-order valence-corrected chi connectivity index (χ0v) is 12.2. The maximum absolute atomic E-state index is 12.5. The first kappa shape index (κ1) is 16.7. The van der Waals surface area contributed by atoms with Crippen LogP contribution in [-0.4, -0.2) is 50.4 Å². The molecule has 0 spiro atoms. The van der Waals surface area contributed by atoms with Crippen molar-refractivity contribution in [3.8, 4) is 0 Å². The summed E-state index contributed by atoms with van der Waals surface area (Å²) in [4.78, 5) is 12.5. The van der Waals surface area contributed by atoms with Gasteiger partial charge in [0.25, 0.3) is 0 Å². The van der Waals surface area contributed by atoms with Crippen LogP contribution in [0, 0.1) is 5.41 Å². The second kappa shape index (κ2) is 8.06. The first-order chi connectivity index (χ1) is 9.60. The van der Waals surface area contributed by atoms with Gasteiger partial charge in [-0.3, -0.25) is 4.79 Å². The number of hydrogen-bond acceptors (Lipinski definition) is 5. The number of carbonyl (C=O) groups is 1. The molecule has 1 aliphatic carbocycles. The third kappa shape index (κ3) is 3.83. The van der Waals surface area contributed by atoms with Gasteiger partial charge >= 0.3 is 0 Å². The van der Waals surface area contributed by atoms with Crippen molar-refractivity contribution in [1.29, 1.82) is 0 Å². The number of ether oxygens (including phenoxy) is 2. The van der Waals surface area contributed by atoms with Crippen molar-refractivity contribution in [2.45, 2.75) is 38.2 Å². The molecule has 0 radical (unpaired) electrons. The van der Waals surface area contributed by atoms with Crippen LogP contribution >= 0.6 is 0 Å². The zero-order chi connectivity index (χ0) is 15.0. The minimum absolute atomic E-state index is 0.00425. The maximum atomic E-state index is 12.5. The molecule has 0 aliphatic heterocycles. The molecule has 1 saturated carbocycles. The number of amides is 1. The van der Waals surface area contributed by atoms with E-state index in [1.165, 1.54) is 0 Å². The third-order valence-corrected chi connectivity index (χ3v) is 3.92. The number of hydrogen-bond donors (Lipinski definition) is 3. The third-order valence-electron chi connectivity index (χ3n) is 3.92. The minimum Gasteiger partial charge on any atom is -0.409 e. The molecule has 0 heterocycles. The molecule has 1 fully saturated rings. The van der Waals surface area contributed by atoms with Crippen LogP contribution in [0.4, 0.5) is 0 Å². The summed E-state index contributed by atoms with van der Waals surface area (Å²) < 4.78 is 10.2. The normalized spacial score (nSPS) is 20.4. The van der Waals surface area contributed by atoms with Gasteiger partial charge in [0.05, 0.1) is 12.7 Å². The largest absolute Gasteiger partial charge is 0.409 e. The van der Waals surface area contributed by atoms with E-state index in [2.05, 4.69) is 10.5 Å². The predicted molar refractivity (Wildman–Crippen MR) is 74.6 cm³/mol. The second-order valence-electron chi connectivity index (χ2n) is 5.15. The van der Waals surface area contributed by atoms with Crippen LogP contribution in [0.1, 0.15) is 32.1 Å². The van der Waals surface area contributed by atoms with E-state index in [-0.39, 0.29) is 17.8 Å². The van der Waals surface area contributed by atoms with Crippen molar-refractivity contribution in [1.82, 2.24) is 5.32 Å².